The van der Waals surface area contributed by atoms with Gasteiger partial charge in [0.05, 0.1) is 17.7 Å². The zero-order chi connectivity index (χ0) is 14.1. The van der Waals surface area contributed by atoms with Crippen molar-refractivity contribution in [3.63, 3.8) is 0 Å². The van der Waals surface area contributed by atoms with Crippen LogP contribution in [0.25, 0.3) is 0 Å². The van der Waals surface area contributed by atoms with Gasteiger partial charge in [-0.05, 0) is 18.6 Å². The molecule has 0 aliphatic carbocycles. The molecule has 5 nitrogen and oxygen atoms in total. The van der Waals surface area contributed by atoms with Crippen molar-refractivity contribution in [3.05, 3.63) is 42.5 Å². The molecule has 0 spiro atoms. The first-order chi connectivity index (χ1) is 9.66. The Bertz CT molecular complexity index is 634. The van der Waals surface area contributed by atoms with Crippen LogP contribution in [0.2, 0.25) is 0 Å². The minimum absolute atomic E-state index is 0.0339. The Balaban J connectivity index is 2.01. The summed E-state index contributed by atoms with van der Waals surface area (Å²) in [4.78, 5) is 20.9. The van der Waals surface area contributed by atoms with Gasteiger partial charge < -0.3 is 14.4 Å². The second-order valence-electron chi connectivity index (χ2n) is 5.14. The molecule has 1 aromatic heterocycles. The minimum atomic E-state index is -0.0339. The maximum absolute atomic E-state index is 12.7. The molecule has 0 N–H and O–H groups in total. The van der Waals surface area contributed by atoms with E-state index in [0.29, 0.717) is 5.69 Å². The average Bonchev–Trinajstić information content (AvgIpc) is 2.82. The number of carbonyl (C=O) groups is 1. The van der Waals surface area contributed by atoms with Crippen LogP contribution in [-0.2, 0) is 7.05 Å². The zero-order valence-electron chi connectivity index (χ0n) is 11.8. The van der Waals surface area contributed by atoms with Crippen LogP contribution in [-0.4, -0.2) is 35.6 Å². The number of anilines is 2. The van der Waals surface area contributed by atoms with Crippen molar-refractivity contribution < 1.29 is 4.79 Å². The molecule has 0 unspecified atom stereocenters. The van der Waals surface area contributed by atoms with Crippen LogP contribution in [0.1, 0.15) is 16.9 Å². The van der Waals surface area contributed by atoms with Gasteiger partial charge in [0.25, 0.3) is 5.91 Å². The average molecular weight is 270 g/mol. The quantitative estimate of drug-likeness (QED) is 0.795. The summed E-state index contributed by atoms with van der Waals surface area (Å²) in [6.45, 7) is 1.67. The predicted molar refractivity (Wildman–Crippen MR) is 79.2 cm³/mol. The van der Waals surface area contributed by atoms with E-state index in [1.165, 1.54) is 0 Å². The van der Waals surface area contributed by atoms with Crippen molar-refractivity contribution in [2.24, 2.45) is 7.05 Å². The van der Waals surface area contributed by atoms with Gasteiger partial charge in [0.15, 0.2) is 0 Å². The van der Waals surface area contributed by atoms with E-state index in [1.807, 2.05) is 30.1 Å². The SMILES string of the molecule is CN1CCCN(C(=O)c2cn(C)cn2)c2ccccc21. The lowest BCUT2D eigenvalue weighted by Gasteiger charge is -2.23. The standard InChI is InChI=1S/C15H18N4O/c1-17-10-12(16-11-17)15(20)19-9-5-8-18(2)13-6-3-4-7-14(13)19/h3-4,6-7,10-11H,5,8-9H2,1-2H3. The number of rotatable bonds is 1. The normalized spacial score (nSPS) is 14.9. The Labute approximate surface area is 118 Å². The van der Waals surface area contributed by atoms with Gasteiger partial charge >= 0.3 is 0 Å². The first-order valence-electron chi connectivity index (χ1n) is 6.77. The molecule has 5 heteroatoms. The van der Waals surface area contributed by atoms with E-state index < -0.39 is 0 Å². The number of aryl methyl sites for hydroxylation is 1. The first kappa shape index (κ1) is 12.7. The van der Waals surface area contributed by atoms with E-state index >= 15 is 0 Å². The smallest absolute Gasteiger partial charge is 0.278 e. The number of para-hydroxylation sites is 2. The predicted octanol–water partition coefficient (Wildman–Crippen LogP) is 1.91. The molecule has 2 heterocycles. The van der Waals surface area contributed by atoms with Crippen LogP contribution >= 0.6 is 0 Å². The number of nitrogens with zero attached hydrogens (tertiary/aromatic N) is 4. The summed E-state index contributed by atoms with van der Waals surface area (Å²) in [5.74, 6) is -0.0339. The van der Waals surface area contributed by atoms with Crippen LogP contribution in [0.4, 0.5) is 11.4 Å². The highest BCUT2D eigenvalue weighted by molar-refractivity contribution is 6.06. The van der Waals surface area contributed by atoms with Crippen molar-refractivity contribution in [3.8, 4) is 0 Å². The molecule has 2 aromatic rings. The van der Waals surface area contributed by atoms with E-state index in [9.17, 15) is 4.79 Å². The summed E-state index contributed by atoms with van der Waals surface area (Å²) in [5, 5.41) is 0. The second kappa shape index (κ2) is 5.00. The molecule has 1 aliphatic rings. The third kappa shape index (κ3) is 2.15. The molecular weight excluding hydrogens is 252 g/mol. The number of carbonyl (C=O) groups excluding carboxylic acids is 1. The Hall–Kier alpha value is -2.30. The van der Waals surface area contributed by atoms with Gasteiger partial charge in [0.1, 0.15) is 5.69 Å². The van der Waals surface area contributed by atoms with Gasteiger partial charge in [0, 0.05) is 33.4 Å². The summed E-state index contributed by atoms with van der Waals surface area (Å²) in [7, 11) is 3.93. The Morgan fingerprint density at radius 2 is 1.90 bits per heavy atom. The molecule has 0 radical (unpaired) electrons. The number of aromatic nitrogens is 2. The molecule has 0 saturated carbocycles. The highest BCUT2D eigenvalue weighted by Crippen LogP contribution is 2.31. The van der Waals surface area contributed by atoms with Crippen molar-refractivity contribution >= 4 is 17.3 Å². The van der Waals surface area contributed by atoms with Gasteiger partial charge in [0.2, 0.25) is 0 Å². The van der Waals surface area contributed by atoms with Crippen molar-refractivity contribution in [1.29, 1.82) is 0 Å². The van der Waals surface area contributed by atoms with Gasteiger partial charge in [-0.25, -0.2) is 4.98 Å². The van der Waals surface area contributed by atoms with Crippen LogP contribution in [0.15, 0.2) is 36.8 Å². The zero-order valence-corrected chi connectivity index (χ0v) is 11.8. The highest BCUT2D eigenvalue weighted by atomic mass is 16.2. The monoisotopic (exact) mass is 270 g/mol. The number of amides is 1. The molecule has 0 saturated heterocycles. The third-order valence-electron chi connectivity index (χ3n) is 3.63. The second-order valence-corrected chi connectivity index (χ2v) is 5.14. The number of hydrogen-bond donors (Lipinski definition) is 0. The summed E-state index contributed by atoms with van der Waals surface area (Å²) in [6.07, 6.45) is 4.37. The lowest BCUT2D eigenvalue weighted by atomic mass is 10.2. The number of hydrogen-bond acceptors (Lipinski definition) is 3. The molecule has 3 rings (SSSR count). The van der Waals surface area contributed by atoms with E-state index in [2.05, 4.69) is 23.0 Å². The molecule has 1 amide bonds. The van der Waals surface area contributed by atoms with E-state index in [0.717, 1.165) is 30.9 Å². The van der Waals surface area contributed by atoms with E-state index in [4.69, 9.17) is 0 Å². The molecule has 1 aliphatic heterocycles. The maximum atomic E-state index is 12.7. The number of fused-ring (bicyclic) bond motifs is 1. The summed E-state index contributed by atoms with van der Waals surface area (Å²) < 4.78 is 1.79. The van der Waals surface area contributed by atoms with Gasteiger partial charge in [-0.15, -0.1) is 0 Å². The van der Waals surface area contributed by atoms with Gasteiger partial charge in [-0.3, -0.25) is 4.79 Å². The highest BCUT2D eigenvalue weighted by Gasteiger charge is 2.25. The Morgan fingerprint density at radius 1 is 1.15 bits per heavy atom. The number of benzene rings is 1. The maximum Gasteiger partial charge on any atom is 0.278 e. The van der Waals surface area contributed by atoms with Gasteiger partial charge in [-0.1, -0.05) is 12.1 Å². The molecule has 20 heavy (non-hydrogen) atoms. The lowest BCUT2D eigenvalue weighted by Crippen LogP contribution is -2.31. The summed E-state index contributed by atoms with van der Waals surface area (Å²) >= 11 is 0. The third-order valence-corrected chi connectivity index (χ3v) is 3.63. The van der Waals surface area contributed by atoms with Crippen LogP contribution in [0, 0.1) is 0 Å². The van der Waals surface area contributed by atoms with E-state index in [-0.39, 0.29) is 5.91 Å². The minimum Gasteiger partial charge on any atom is -0.373 e. The Kier molecular flexibility index (Phi) is 3.18. The fraction of sp³-hybridized carbons (Fsp3) is 0.333. The van der Waals surface area contributed by atoms with Gasteiger partial charge in [-0.2, -0.15) is 0 Å². The molecule has 104 valence electrons. The van der Waals surface area contributed by atoms with E-state index in [1.54, 1.807) is 17.1 Å². The lowest BCUT2D eigenvalue weighted by molar-refractivity contribution is 0.0983. The summed E-state index contributed by atoms with van der Waals surface area (Å²) in [6, 6.07) is 8.03. The molecule has 0 bridgehead atoms. The Morgan fingerprint density at radius 3 is 2.60 bits per heavy atom. The molecule has 0 atom stereocenters. The molecule has 1 aromatic carbocycles. The van der Waals surface area contributed by atoms with Crippen molar-refractivity contribution in [2.45, 2.75) is 6.42 Å². The van der Waals surface area contributed by atoms with Crippen LogP contribution in [0.3, 0.4) is 0 Å². The summed E-state index contributed by atoms with van der Waals surface area (Å²) in [5.41, 5.74) is 2.55. The van der Waals surface area contributed by atoms with Crippen LogP contribution < -0.4 is 9.80 Å². The molecular formula is C15H18N4O. The topological polar surface area (TPSA) is 41.4 Å². The van der Waals surface area contributed by atoms with Crippen molar-refractivity contribution in [2.75, 3.05) is 29.9 Å². The van der Waals surface area contributed by atoms with Crippen molar-refractivity contribution in [1.82, 2.24) is 9.55 Å². The molecule has 0 fully saturated rings. The fourth-order valence-corrected chi connectivity index (χ4v) is 2.59. The fourth-order valence-electron chi connectivity index (χ4n) is 2.59. The number of imidazole rings is 1. The first-order valence-corrected chi connectivity index (χ1v) is 6.77. The van der Waals surface area contributed by atoms with Crippen LogP contribution in [0.5, 0.6) is 0 Å². The largest absolute Gasteiger partial charge is 0.373 e.